The van der Waals surface area contributed by atoms with Crippen LogP contribution in [0.2, 0.25) is 0 Å². The average molecular weight is 1840 g/mol. The van der Waals surface area contributed by atoms with Crippen LogP contribution < -0.4 is 4.90 Å². The van der Waals surface area contributed by atoms with Gasteiger partial charge < -0.3 is 20.1 Å². The summed E-state index contributed by atoms with van der Waals surface area (Å²) in [5.41, 5.74) is 27.8. The molecule has 4 heterocycles. The van der Waals surface area contributed by atoms with Gasteiger partial charge in [0.05, 0.1) is 57.3 Å². The van der Waals surface area contributed by atoms with Crippen molar-refractivity contribution in [1.82, 2.24) is 29.9 Å². The summed E-state index contributed by atoms with van der Waals surface area (Å²) in [6.45, 7) is 7.23. The zero-order chi connectivity index (χ0) is 85.5. The van der Waals surface area contributed by atoms with Crippen LogP contribution in [0.15, 0.2) is 425 Å². The van der Waals surface area contributed by atoms with Crippen molar-refractivity contribution in [3.8, 4) is 67.0 Å². The van der Waals surface area contributed by atoms with Crippen LogP contribution in [0, 0.1) is 19.9 Å². The van der Waals surface area contributed by atoms with E-state index in [0.29, 0.717) is 6.42 Å². The van der Waals surface area contributed by atoms with Gasteiger partial charge in [0.2, 0.25) is 0 Å². The zero-order valence-electron chi connectivity index (χ0n) is 70.5. The number of aliphatic hydroxyl groups excluding tert-OH is 2. The third-order valence-corrected chi connectivity index (χ3v) is 24.8. The molecule has 2 unspecified atom stereocenters. The van der Waals surface area contributed by atoms with E-state index in [4.69, 9.17) is 25.2 Å². The molecule has 4 aromatic heterocycles. The Kier molecular flexibility index (Phi) is 24.5. The Morgan fingerprint density at radius 1 is 0.339 bits per heavy atom. The van der Waals surface area contributed by atoms with Crippen LogP contribution >= 0.6 is 11.3 Å². The number of aromatic nitrogens is 6. The predicted molar refractivity (Wildman–Crippen MR) is 526 cm³/mol. The number of anilines is 3. The first kappa shape index (κ1) is 83.3. The third-order valence-electron chi connectivity index (χ3n) is 23.5. The van der Waals surface area contributed by atoms with Gasteiger partial charge in [-0.3, -0.25) is 19.9 Å². The maximum atomic E-state index is 8.56. The standard InChI is InChI=1S/C43H31N.C34H20N2S.C22H14N2.C12H11N2.C5H12O2.Ir/c1-4-14-32(15-5-1)33-24-28-37(29-25-33)44(36-18-8-3-9-19-36)38-30-26-35(27-31-38)43(34-16-6-2-7-17-34)41-22-12-10-20-39(41)40-21-11-13-23-42(40)43;1-2-11-27-25(9-1)30-20-22(15-16-28(30)33-32(27)35-17-18-36-33)21-7-5-8-23(19-21)24-12-6-13-29-26-10-3-4-14-31(26)37-34(24)29;1-2-8-15(9-3-1)20-14-23-21-18-12-6-4-10-16(18)17-11-5-7-13-19(17)22(21)24-20;1-9-8-13-12(10(2)14-9)11-6-4-3-5-7-11;1-4(6)3-5(2)7;/h1-31H;1-20H;1-14H;3-6,8H,1-2H3;4-7H,3H2,1-2H3;/q;;;-1;;. The summed E-state index contributed by atoms with van der Waals surface area (Å²) in [7, 11) is 0. The average Bonchev–Trinajstić information content (AvgIpc) is 1.55. The number of fused-ring (bicyclic) bond motifs is 18. The number of benzene rings is 18. The molecule has 1 aliphatic carbocycles. The van der Waals surface area contributed by atoms with Crippen LogP contribution in [0.25, 0.3) is 152 Å². The molecule has 0 amide bonds. The molecule has 615 valence electrons. The van der Waals surface area contributed by atoms with Crippen molar-refractivity contribution in [3.63, 3.8) is 0 Å². The molecule has 2 atom stereocenters. The van der Waals surface area contributed by atoms with Crippen LogP contribution in [-0.4, -0.2) is 52.3 Å². The minimum absolute atomic E-state index is 0. The smallest absolute Gasteiger partial charge is 0.0979 e. The van der Waals surface area contributed by atoms with Crippen molar-refractivity contribution in [2.75, 3.05) is 4.90 Å². The van der Waals surface area contributed by atoms with Gasteiger partial charge in [-0.1, -0.05) is 322 Å². The van der Waals surface area contributed by atoms with E-state index in [0.717, 1.165) is 94.6 Å². The molecule has 1 aliphatic rings. The molecule has 1 radical (unpaired) electrons. The molecule has 11 heteroatoms. The summed E-state index contributed by atoms with van der Waals surface area (Å²) in [4.78, 5) is 30.2. The summed E-state index contributed by atoms with van der Waals surface area (Å²) in [5, 5.41) is 29.2. The van der Waals surface area contributed by atoms with Gasteiger partial charge in [-0.2, -0.15) is 0 Å². The number of hydrogen-bond donors (Lipinski definition) is 2. The number of thiophene rings is 1. The fourth-order valence-corrected chi connectivity index (χ4v) is 19.2. The van der Waals surface area contributed by atoms with Gasteiger partial charge in [-0.25, -0.2) is 4.98 Å². The van der Waals surface area contributed by atoms with E-state index >= 15 is 0 Å². The fraction of sp³-hybridized carbons (Fsp3) is 0.0690. The predicted octanol–water partition coefficient (Wildman–Crippen LogP) is 29.1. The Labute approximate surface area is 756 Å². The molecule has 22 aromatic rings. The van der Waals surface area contributed by atoms with E-state index < -0.39 is 5.41 Å². The van der Waals surface area contributed by atoms with Gasteiger partial charge in [-0.05, 0) is 177 Å². The van der Waals surface area contributed by atoms with Gasteiger partial charge in [0.1, 0.15) is 0 Å². The number of hydrogen-bond acceptors (Lipinski definition) is 10. The zero-order valence-corrected chi connectivity index (χ0v) is 73.8. The second-order valence-corrected chi connectivity index (χ2v) is 32.9. The van der Waals surface area contributed by atoms with Gasteiger partial charge in [0.25, 0.3) is 0 Å². The molecule has 0 aliphatic heterocycles. The quantitative estimate of drug-likeness (QED) is 0.0910. The molecular weight excluding hydrogens is 1750 g/mol. The molecule has 0 saturated heterocycles. The summed E-state index contributed by atoms with van der Waals surface area (Å²) in [5.74, 6) is 0. The summed E-state index contributed by atoms with van der Waals surface area (Å²) in [6.07, 6.45) is 6.93. The van der Waals surface area contributed by atoms with Crippen LogP contribution in [0.1, 0.15) is 53.9 Å². The Balaban J connectivity index is 0.000000118. The first-order chi connectivity index (χ1) is 62.0. The van der Waals surface area contributed by atoms with Crippen molar-refractivity contribution in [2.24, 2.45) is 0 Å². The van der Waals surface area contributed by atoms with E-state index in [-0.39, 0.29) is 32.3 Å². The SMILES string of the molecule is CC(O)CC(C)O.Cc1cnc(-c2[c-]cccc2)c(C)n1.[Ir].c1cc(-c2ccc3c(c2)c2ccccc2c2nccnc32)cc(-c2cccc3c2sc2ccccc23)c1.c1ccc(-c2ccc(N(c3ccccc3)c3ccc(C4(c5ccccc5)c5ccccc5-c5ccccc54)cc3)cc2)cc1.c1ccc(-c2cnc3c4ccccc4c4ccccc4c3n2)cc1. The molecule has 0 saturated carbocycles. The van der Waals surface area contributed by atoms with E-state index in [1.807, 2.05) is 73.8 Å². The Morgan fingerprint density at radius 3 is 1.38 bits per heavy atom. The van der Waals surface area contributed by atoms with Gasteiger partial charge in [0.15, 0.2) is 0 Å². The molecule has 0 bridgehead atoms. The number of aliphatic hydroxyl groups is 2. The summed E-state index contributed by atoms with van der Waals surface area (Å²) >= 11 is 1.88. The first-order valence-electron chi connectivity index (χ1n) is 42.7. The van der Waals surface area contributed by atoms with Crippen LogP contribution in [0.4, 0.5) is 17.1 Å². The van der Waals surface area contributed by atoms with Gasteiger partial charge in [-0.15, -0.1) is 47.2 Å². The second-order valence-electron chi connectivity index (χ2n) is 31.8. The fourth-order valence-electron chi connectivity index (χ4n) is 17.9. The maximum absolute atomic E-state index is 8.56. The Hall–Kier alpha value is -14.7. The van der Waals surface area contributed by atoms with Gasteiger partial charge >= 0.3 is 0 Å². The molecule has 2 N–H and O–H groups in total. The molecule has 0 fully saturated rings. The van der Waals surface area contributed by atoms with Gasteiger partial charge in [0, 0.05) is 114 Å². The van der Waals surface area contributed by atoms with Crippen molar-refractivity contribution in [1.29, 1.82) is 0 Å². The Morgan fingerprint density at radius 2 is 0.780 bits per heavy atom. The van der Waals surface area contributed by atoms with Crippen molar-refractivity contribution >= 4 is 114 Å². The minimum Gasteiger partial charge on any atom is -0.393 e. The Bertz CT molecular complexity index is 7530. The topological polar surface area (TPSA) is 121 Å². The van der Waals surface area contributed by atoms with E-state index in [1.54, 1.807) is 32.4 Å². The second kappa shape index (κ2) is 37.4. The van der Waals surface area contributed by atoms with Crippen LogP contribution in [0.5, 0.6) is 0 Å². The molecule has 18 aromatic carbocycles. The number of aryl methyl sites for hydroxylation is 2. The third kappa shape index (κ3) is 16.8. The molecule has 0 spiro atoms. The molecule has 9 nitrogen and oxygen atoms in total. The van der Waals surface area contributed by atoms with Crippen molar-refractivity contribution in [2.45, 2.75) is 51.7 Å². The van der Waals surface area contributed by atoms with Crippen molar-refractivity contribution in [3.05, 3.63) is 465 Å². The van der Waals surface area contributed by atoms with E-state index in [9.17, 15) is 0 Å². The summed E-state index contributed by atoms with van der Waals surface area (Å²) in [6, 6.07) is 146. The molecule has 23 rings (SSSR count). The maximum Gasteiger partial charge on any atom is 0.0979 e. The van der Waals surface area contributed by atoms with E-state index in [2.05, 4.69) is 384 Å². The van der Waals surface area contributed by atoms with Crippen LogP contribution in [0.3, 0.4) is 0 Å². The summed E-state index contributed by atoms with van der Waals surface area (Å²) < 4.78 is 2.67. The van der Waals surface area contributed by atoms with Crippen LogP contribution in [-0.2, 0) is 25.5 Å². The van der Waals surface area contributed by atoms with E-state index in [1.165, 1.54) is 108 Å². The normalized spacial score (nSPS) is 12.1. The number of rotatable bonds is 12. The largest absolute Gasteiger partial charge is 0.393 e. The first-order valence-corrected chi connectivity index (χ1v) is 43.5. The number of para-hydroxylation sites is 1. The number of nitrogens with zero attached hydrogens (tertiary/aromatic N) is 7. The van der Waals surface area contributed by atoms with Crippen molar-refractivity contribution < 1.29 is 30.3 Å². The monoisotopic (exact) mass is 1840 g/mol. The molecular formula is C116H88IrN7O2S-. The molecule has 127 heavy (non-hydrogen) atoms. The minimum atomic E-state index is -0.401.